The average Bonchev–Trinajstić information content (AvgIpc) is 3.46. The number of hydrogen-bond acceptors (Lipinski definition) is 1. The van der Waals surface area contributed by atoms with Gasteiger partial charge in [0, 0.05) is 22.4 Å². The second kappa shape index (κ2) is 9.59. The van der Waals surface area contributed by atoms with Gasteiger partial charge in [-0.15, -0.1) is 0 Å². The first kappa shape index (κ1) is 29.0. The number of hydrogen-bond donors (Lipinski definition) is 1. The smallest absolute Gasteiger partial charge is 0.113 e. The highest BCUT2D eigenvalue weighted by molar-refractivity contribution is 8.48. The fourth-order valence-corrected chi connectivity index (χ4v) is 16.0. The Morgan fingerprint density at radius 1 is 0.469 bits per heavy atom. The van der Waals surface area contributed by atoms with Crippen LogP contribution in [0.5, 0.6) is 0 Å². The van der Waals surface area contributed by atoms with Gasteiger partial charge < -0.3 is 0 Å². The SMILES string of the molecule is C[Si]1(C)c2ccccc2-c2cc(-c3c4ccccc4c(-c4ccc5c(c4)-c4ccccc4[SH]5(C)(C)C)c4c3cnc3ccccc34)ccc21. The van der Waals surface area contributed by atoms with Gasteiger partial charge in [-0.2, -0.15) is 0 Å². The number of rotatable bonds is 2. The van der Waals surface area contributed by atoms with Crippen molar-refractivity contribution in [3.05, 3.63) is 140 Å². The average molecular weight is 666 g/mol. The molecule has 0 atom stereocenters. The van der Waals surface area contributed by atoms with Crippen LogP contribution in [-0.4, -0.2) is 31.8 Å². The van der Waals surface area contributed by atoms with Crippen LogP contribution >= 0.6 is 9.16 Å². The van der Waals surface area contributed by atoms with E-state index in [-0.39, 0.29) is 0 Å². The molecule has 0 radical (unpaired) electrons. The van der Waals surface area contributed by atoms with E-state index in [9.17, 15) is 0 Å². The van der Waals surface area contributed by atoms with Gasteiger partial charge in [0.2, 0.25) is 0 Å². The van der Waals surface area contributed by atoms with Gasteiger partial charge in [-0.3, -0.25) is 4.98 Å². The summed E-state index contributed by atoms with van der Waals surface area (Å²) in [5, 5.41) is 9.31. The minimum Gasteiger partial charge on any atom is -0.256 e. The van der Waals surface area contributed by atoms with E-state index in [1.54, 1.807) is 0 Å². The van der Waals surface area contributed by atoms with Crippen molar-refractivity contribution in [1.29, 1.82) is 0 Å². The molecule has 0 amide bonds. The standard InChI is InChI=1S/C46H39NSSi/c1-48(2,3)40-20-12-9-14-31(40)36-26-30(22-24-41(36)48)45-34-17-7-6-16-33(34)44(38-28-47-39-19-11-8-18-35(39)46(38)45)29-23-25-43-37(27-29)32-15-10-13-21-42(32)49(43,4)5/h6-28,48H,1-5H3. The lowest BCUT2D eigenvalue weighted by Crippen LogP contribution is -2.49. The van der Waals surface area contributed by atoms with E-state index in [1.807, 2.05) is 0 Å². The normalized spacial score (nSPS) is 16.9. The van der Waals surface area contributed by atoms with E-state index < -0.39 is 17.2 Å². The number of fused-ring (bicyclic) bond motifs is 10. The summed E-state index contributed by atoms with van der Waals surface area (Å²) in [6, 6.07) is 50.6. The van der Waals surface area contributed by atoms with Crippen LogP contribution in [0, 0.1) is 0 Å². The number of pyridine rings is 1. The highest BCUT2D eigenvalue weighted by atomic mass is 32.3. The maximum Gasteiger partial charge on any atom is 0.113 e. The molecule has 0 spiro atoms. The molecular formula is C46H39NSSi. The van der Waals surface area contributed by atoms with E-state index in [2.05, 4.69) is 172 Å². The molecule has 238 valence electrons. The monoisotopic (exact) mass is 665 g/mol. The number of para-hydroxylation sites is 1. The molecule has 0 bridgehead atoms. The third-order valence-corrected chi connectivity index (χ3v) is 19.5. The van der Waals surface area contributed by atoms with E-state index in [4.69, 9.17) is 4.98 Å². The Morgan fingerprint density at radius 3 is 1.86 bits per heavy atom. The van der Waals surface area contributed by atoms with Gasteiger partial charge in [0.05, 0.1) is 5.52 Å². The number of benzene rings is 7. The minimum atomic E-state index is -2.26. The number of thiol groups is 1. The highest BCUT2D eigenvalue weighted by Gasteiger charge is 2.40. The molecule has 10 rings (SSSR count). The largest absolute Gasteiger partial charge is 0.256 e. The first-order valence-corrected chi connectivity index (χ1v) is 23.9. The van der Waals surface area contributed by atoms with Crippen molar-refractivity contribution >= 4 is 60.1 Å². The first-order valence-electron chi connectivity index (χ1n) is 17.3. The summed E-state index contributed by atoms with van der Waals surface area (Å²) in [5.74, 6) is 0. The van der Waals surface area contributed by atoms with Crippen molar-refractivity contribution in [2.24, 2.45) is 0 Å². The summed E-state index contributed by atoms with van der Waals surface area (Å²) < 4.78 is 0. The summed E-state index contributed by atoms with van der Waals surface area (Å²) in [7, 11) is -4.02. The maximum absolute atomic E-state index is 5.10. The van der Waals surface area contributed by atoms with Crippen molar-refractivity contribution < 1.29 is 0 Å². The van der Waals surface area contributed by atoms with Crippen molar-refractivity contribution in [3.8, 4) is 44.5 Å². The predicted molar refractivity (Wildman–Crippen MR) is 219 cm³/mol. The Labute approximate surface area is 289 Å². The van der Waals surface area contributed by atoms with Gasteiger partial charge >= 0.3 is 0 Å². The number of aromatic nitrogens is 1. The third-order valence-electron chi connectivity index (χ3n) is 11.8. The molecule has 1 nitrogen and oxygen atoms in total. The second-order valence-corrected chi connectivity index (χ2v) is 26.7. The first-order chi connectivity index (χ1) is 23.6. The van der Waals surface area contributed by atoms with Gasteiger partial charge in [0.1, 0.15) is 8.07 Å². The molecule has 0 unspecified atom stereocenters. The van der Waals surface area contributed by atoms with Crippen LogP contribution in [0.4, 0.5) is 0 Å². The molecule has 0 fully saturated rings. The van der Waals surface area contributed by atoms with Crippen LogP contribution in [0.15, 0.2) is 149 Å². The van der Waals surface area contributed by atoms with Crippen LogP contribution in [0.1, 0.15) is 0 Å². The van der Waals surface area contributed by atoms with Crippen LogP contribution in [-0.2, 0) is 0 Å². The summed E-state index contributed by atoms with van der Waals surface area (Å²) in [6.45, 7) is 4.98. The van der Waals surface area contributed by atoms with Gasteiger partial charge in [0.15, 0.2) is 0 Å². The van der Waals surface area contributed by atoms with E-state index >= 15 is 0 Å². The molecule has 0 saturated carbocycles. The van der Waals surface area contributed by atoms with Crippen LogP contribution < -0.4 is 10.4 Å². The summed E-state index contributed by atoms with van der Waals surface area (Å²) in [4.78, 5) is 8.13. The van der Waals surface area contributed by atoms with Gasteiger partial charge in [0.25, 0.3) is 0 Å². The molecule has 7 aromatic carbocycles. The zero-order valence-electron chi connectivity index (χ0n) is 28.7. The number of nitrogens with zero attached hydrogens (tertiary/aromatic N) is 1. The fourth-order valence-electron chi connectivity index (χ4n) is 9.39. The zero-order chi connectivity index (χ0) is 33.3. The van der Waals surface area contributed by atoms with Gasteiger partial charge in [-0.05, 0) is 112 Å². The molecular weight excluding hydrogens is 627 g/mol. The lowest BCUT2D eigenvalue weighted by molar-refractivity contribution is 1.44. The van der Waals surface area contributed by atoms with Gasteiger partial charge in [-0.25, -0.2) is 9.16 Å². The van der Waals surface area contributed by atoms with Crippen molar-refractivity contribution in [3.63, 3.8) is 0 Å². The molecule has 2 aliphatic rings. The highest BCUT2D eigenvalue weighted by Crippen LogP contribution is 2.80. The maximum atomic E-state index is 5.10. The van der Waals surface area contributed by atoms with Crippen molar-refractivity contribution in [2.75, 3.05) is 18.8 Å². The molecule has 49 heavy (non-hydrogen) atoms. The molecule has 8 aromatic rings. The summed E-state index contributed by atoms with van der Waals surface area (Å²) in [6.07, 6.45) is 9.66. The van der Waals surface area contributed by atoms with Crippen LogP contribution in [0.25, 0.3) is 77.0 Å². The Morgan fingerprint density at radius 2 is 1.04 bits per heavy atom. The lowest BCUT2D eigenvalue weighted by atomic mass is 9.84. The third kappa shape index (κ3) is 3.80. The van der Waals surface area contributed by atoms with Crippen molar-refractivity contribution in [1.82, 2.24) is 4.98 Å². The van der Waals surface area contributed by atoms with Crippen LogP contribution in [0.3, 0.4) is 0 Å². The molecule has 0 aliphatic carbocycles. The van der Waals surface area contributed by atoms with E-state index in [1.165, 1.54) is 91.6 Å². The van der Waals surface area contributed by atoms with Crippen LogP contribution in [0.2, 0.25) is 13.1 Å². The predicted octanol–water partition coefficient (Wildman–Crippen LogP) is 11.0. The lowest BCUT2D eigenvalue weighted by Gasteiger charge is -2.49. The molecule has 0 saturated heterocycles. The molecule has 2 aliphatic heterocycles. The summed E-state index contributed by atoms with van der Waals surface area (Å²) >= 11 is 0. The minimum absolute atomic E-state index is 1.03. The van der Waals surface area contributed by atoms with Crippen molar-refractivity contribution in [2.45, 2.75) is 22.9 Å². The topological polar surface area (TPSA) is 12.9 Å². The molecule has 3 heteroatoms. The molecule has 1 aromatic heterocycles. The molecule has 0 N–H and O–H groups in total. The Balaban J connectivity index is 1.32. The second-order valence-electron chi connectivity index (χ2n) is 15.8. The Bertz CT molecular complexity index is 2750. The summed E-state index contributed by atoms with van der Waals surface area (Å²) in [5.41, 5.74) is 11.7. The van der Waals surface area contributed by atoms with E-state index in [0.29, 0.717) is 0 Å². The fraction of sp³-hybridized carbons (Fsp3) is 0.109. The Kier molecular flexibility index (Phi) is 5.68. The van der Waals surface area contributed by atoms with E-state index in [0.717, 1.165) is 5.52 Å². The van der Waals surface area contributed by atoms with Gasteiger partial charge in [-0.1, -0.05) is 128 Å². The Hall–Kier alpha value is -4.96. The quantitative estimate of drug-likeness (QED) is 0.0839. The molecule has 3 heterocycles. The zero-order valence-corrected chi connectivity index (χ0v) is 30.6.